The topological polar surface area (TPSA) is 37.3 Å². The lowest BCUT2D eigenvalue weighted by Crippen LogP contribution is -2.58. The third-order valence-electron chi connectivity index (χ3n) is 4.96. The van der Waals surface area contributed by atoms with E-state index in [-0.39, 0.29) is 17.3 Å². The van der Waals surface area contributed by atoms with Crippen LogP contribution in [0.2, 0.25) is 0 Å². The van der Waals surface area contributed by atoms with Gasteiger partial charge in [0.1, 0.15) is 5.78 Å². The van der Waals surface area contributed by atoms with Crippen LogP contribution < -0.4 is 0 Å². The van der Waals surface area contributed by atoms with Gasteiger partial charge in [0.15, 0.2) is 0 Å². The van der Waals surface area contributed by atoms with Crippen molar-refractivity contribution in [3.63, 3.8) is 0 Å². The molecule has 0 aromatic heterocycles. The maximum Gasteiger partial charge on any atom is 0.138 e. The molecule has 4 fully saturated rings. The summed E-state index contributed by atoms with van der Waals surface area (Å²) in [6, 6.07) is 0. The van der Waals surface area contributed by atoms with Gasteiger partial charge in [0.25, 0.3) is 0 Å². The Morgan fingerprint density at radius 1 is 1.21 bits per heavy atom. The van der Waals surface area contributed by atoms with E-state index < -0.39 is 0 Å². The average molecular weight is 194 g/mol. The molecule has 78 valence electrons. The molecule has 2 heteroatoms. The number of Topliss-reactive ketones (excluding diaryl/α,β-unsaturated/α-hetero) is 1. The van der Waals surface area contributed by atoms with Crippen LogP contribution in [0, 0.1) is 23.2 Å². The van der Waals surface area contributed by atoms with Crippen molar-refractivity contribution in [2.45, 2.75) is 45.1 Å². The summed E-state index contributed by atoms with van der Waals surface area (Å²) in [5.41, 5.74) is -0.325. The molecule has 0 aromatic rings. The Morgan fingerprint density at radius 3 is 2.29 bits per heavy atom. The van der Waals surface area contributed by atoms with E-state index in [0.29, 0.717) is 5.92 Å². The summed E-state index contributed by atoms with van der Waals surface area (Å²) in [6.07, 6.45) is 5.28. The van der Waals surface area contributed by atoms with Crippen molar-refractivity contribution in [2.75, 3.05) is 0 Å². The van der Waals surface area contributed by atoms with E-state index in [9.17, 15) is 9.90 Å². The Bertz CT molecular complexity index is 270. The third kappa shape index (κ3) is 0.928. The SMILES string of the molecule is CC(=O)C12C[C@@H]3CC(C[C@@H](C3)C1)[C@@H]2O. The minimum atomic E-state index is -0.326. The molecule has 1 N–H and O–H groups in total. The lowest BCUT2D eigenvalue weighted by atomic mass is 9.47. The second kappa shape index (κ2) is 2.60. The van der Waals surface area contributed by atoms with E-state index in [4.69, 9.17) is 0 Å². The summed E-state index contributed by atoms with van der Waals surface area (Å²) in [7, 11) is 0. The zero-order valence-electron chi connectivity index (χ0n) is 8.70. The third-order valence-corrected chi connectivity index (χ3v) is 4.96. The maximum absolute atomic E-state index is 11.7. The number of carbonyl (C=O) groups is 1. The lowest BCUT2D eigenvalue weighted by Gasteiger charge is -2.58. The molecule has 2 unspecified atom stereocenters. The van der Waals surface area contributed by atoms with Crippen molar-refractivity contribution in [3.05, 3.63) is 0 Å². The van der Waals surface area contributed by atoms with Crippen molar-refractivity contribution in [3.8, 4) is 0 Å². The van der Waals surface area contributed by atoms with Crippen LogP contribution >= 0.6 is 0 Å². The van der Waals surface area contributed by atoms with Gasteiger partial charge in [0.05, 0.1) is 11.5 Å². The van der Waals surface area contributed by atoms with Crippen LogP contribution in [0.15, 0.2) is 0 Å². The minimum Gasteiger partial charge on any atom is -0.392 e. The van der Waals surface area contributed by atoms with Crippen LogP contribution in [0.3, 0.4) is 0 Å². The van der Waals surface area contributed by atoms with Gasteiger partial charge in [0, 0.05) is 0 Å². The molecule has 0 amide bonds. The van der Waals surface area contributed by atoms with Gasteiger partial charge in [-0.3, -0.25) is 4.79 Å². The van der Waals surface area contributed by atoms with Crippen molar-refractivity contribution in [2.24, 2.45) is 23.2 Å². The first kappa shape index (κ1) is 8.90. The van der Waals surface area contributed by atoms with Gasteiger partial charge in [-0.15, -0.1) is 0 Å². The van der Waals surface area contributed by atoms with E-state index in [1.165, 1.54) is 19.3 Å². The van der Waals surface area contributed by atoms with E-state index in [0.717, 1.165) is 24.7 Å². The zero-order valence-corrected chi connectivity index (χ0v) is 8.70. The zero-order chi connectivity index (χ0) is 9.92. The normalized spacial score (nSPS) is 55.0. The molecule has 4 bridgehead atoms. The molecule has 0 saturated heterocycles. The predicted octanol–water partition coefficient (Wildman–Crippen LogP) is 1.76. The second-order valence-electron chi connectivity index (χ2n) is 5.76. The van der Waals surface area contributed by atoms with Crippen LogP contribution in [0.5, 0.6) is 0 Å². The molecule has 4 saturated carbocycles. The summed E-state index contributed by atoms with van der Waals surface area (Å²) in [5.74, 6) is 2.15. The largest absolute Gasteiger partial charge is 0.392 e. The molecule has 4 rings (SSSR count). The van der Waals surface area contributed by atoms with Crippen molar-refractivity contribution in [1.82, 2.24) is 0 Å². The van der Waals surface area contributed by atoms with Crippen LogP contribution in [-0.2, 0) is 4.79 Å². The number of rotatable bonds is 1. The molecule has 14 heavy (non-hydrogen) atoms. The molecule has 5 atom stereocenters. The van der Waals surface area contributed by atoms with Gasteiger partial charge in [0.2, 0.25) is 0 Å². The number of aliphatic hydroxyl groups excluding tert-OH is 1. The molecule has 0 aromatic carbocycles. The summed E-state index contributed by atoms with van der Waals surface area (Å²) in [6.45, 7) is 1.68. The molecule has 4 aliphatic rings. The smallest absolute Gasteiger partial charge is 0.138 e. The Labute approximate surface area is 84.7 Å². The van der Waals surface area contributed by atoms with Gasteiger partial charge in [-0.05, 0) is 56.8 Å². The Balaban J connectivity index is 2.01. The van der Waals surface area contributed by atoms with Gasteiger partial charge < -0.3 is 5.11 Å². The number of hydrogen-bond donors (Lipinski definition) is 1. The number of carbonyl (C=O) groups excluding carboxylic acids is 1. The Kier molecular flexibility index (Phi) is 1.65. The Hall–Kier alpha value is -0.370. The van der Waals surface area contributed by atoms with E-state index in [2.05, 4.69) is 0 Å². The Morgan fingerprint density at radius 2 is 1.79 bits per heavy atom. The molecule has 0 aliphatic heterocycles. The average Bonchev–Trinajstić information content (AvgIpc) is 2.12. The fourth-order valence-corrected chi connectivity index (χ4v) is 4.51. The summed E-state index contributed by atoms with van der Waals surface area (Å²) in [4.78, 5) is 11.7. The van der Waals surface area contributed by atoms with Gasteiger partial charge in [-0.25, -0.2) is 0 Å². The second-order valence-corrected chi connectivity index (χ2v) is 5.76. The number of aliphatic hydroxyl groups is 1. The maximum atomic E-state index is 11.7. The van der Waals surface area contributed by atoms with E-state index in [1.54, 1.807) is 6.92 Å². The molecular weight excluding hydrogens is 176 g/mol. The summed E-state index contributed by atoms with van der Waals surface area (Å²) < 4.78 is 0. The predicted molar refractivity (Wildman–Crippen MR) is 52.7 cm³/mol. The summed E-state index contributed by atoms with van der Waals surface area (Å²) >= 11 is 0. The van der Waals surface area contributed by atoms with Crippen molar-refractivity contribution in [1.29, 1.82) is 0 Å². The highest BCUT2D eigenvalue weighted by Crippen LogP contribution is 2.60. The van der Waals surface area contributed by atoms with Crippen LogP contribution in [0.4, 0.5) is 0 Å². The first-order valence-corrected chi connectivity index (χ1v) is 5.81. The van der Waals surface area contributed by atoms with Crippen LogP contribution in [0.25, 0.3) is 0 Å². The minimum absolute atomic E-state index is 0.240. The van der Waals surface area contributed by atoms with Crippen LogP contribution in [0.1, 0.15) is 39.0 Å². The number of ketones is 1. The van der Waals surface area contributed by atoms with E-state index >= 15 is 0 Å². The molecular formula is C12H18O2. The first-order valence-electron chi connectivity index (χ1n) is 5.81. The molecule has 0 spiro atoms. The lowest BCUT2D eigenvalue weighted by molar-refractivity contribution is -0.172. The molecule has 2 nitrogen and oxygen atoms in total. The summed E-state index contributed by atoms with van der Waals surface area (Å²) in [5, 5.41) is 10.2. The van der Waals surface area contributed by atoms with Gasteiger partial charge in [-0.2, -0.15) is 0 Å². The fourth-order valence-electron chi connectivity index (χ4n) is 4.51. The fraction of sp³-hybridized carbons (Fsp3) is 0.917. The quantitative estimate of drug-likeness (QED) is 0.690. The van der Waals surface area contributed by atoms with Crippen molar-refractivity contribution < 1.29 is 9.90 Å². The molecule has 4 aliphatic carbocycles. The highest BCUT2D eigenvalue weighted by Gasteiger charge is 2.58. The molecule has 0 heterocycles. The van der Waals surface area contributed by atoms with Gasteiger partial charge in [-0.1, -0.05) is 0 Å². The van der Waals surface area contributed by atoms with Crippen molar-refractivity contribution >= 4 is 5.78 Å². The van der Waals surface area contributed by atoms with Gasteiger partial charge >= 0.3 is 0 Å². The number of hydrogen-bond acceptors (Lipinski definition) is 2. The van der Waals surface area contributed by atoms with Crippen LogP contribution in [-0.4, -0.2) is 17.0 Å². The first-order chi connectivity index (χ1) is 6.62. The molecule has 0 radical (unpaired) electrons. The monoisotopic (exact) mass is 194 g/mol. The highest BCUT2D eigenvalue weighted by molar-refractivity contribution is 5.83. The van der Waals surface area contributed by atoms with E-state index in [1.807, 2.05) is 0 Å². The standard InChI is InChI=1S/C12H18O2/c1-7(13)12-5-8-2-9(6-12)4-10(3-8)11(12)14/h8-11,14H,2-6H2,1H3/t8-,9+,10?,11-,12?/m0/s1. The highest BCUT2D eigenvalue weighted by atomic mass is 16.3.